The molecule has 4 aliphatic heterocycles. The second-order valence-corrected chi connectivity index (χ2v) is 5.84. The summed E-state index contributed by atoms with van der Waals surface area (Å²) in [5, 5.41) is 0. The summed E-state index contributed by atoms with van der Waals surface area (Å²) in [5.41, 5.74) is 1.47. The Bertz CT molecular complexity index is 292. The van der Waals surface area contributed by atoms with Gasteiger partial charge in [0.05, 0.1) is 14.0 Å². The topological polar surface area (TPSA) is 0 Å². The largest absolute Gasteiger partial charge is 0.283 e. The Labute approximate surface area is 67.6 Å². The van der Waals surface area contributed by atoms with Crippen molar-refractivity contribution in [2.24, 2.45) is 0 Å². The summed E-state index contributed by atoms with van der Waals surface area (Å²) >= 11 is 0. The van der Waals surface area contributed by atoms with Crippen LogP contribution < -0.4 is 0 Å². The van der Waals surface area contributed by atoms with Crippen LogP contribution in [0.3, 0.4) is 0 Å². The fourth-order valence-electron chi connectivity index (χ4n) is 4.04. The molecule has 0 N–H and O–H groups in total. The van der Waals surface area contributed by atoms with Gasteiger partial charge in [-0.15, -0.1) is 0 Å². The second kappa shape index (κ2) is 0.882. The van der Waals surface area contributed by atoms with E-state index in [1.165, 1.54) is 28.6 Å². The fraction of sp³-hybridized carbons (Fsp3) is 1.00. The zero-order valence-electron chi connectivity index (χ0n) is 7.59. The van der Waals surface area contributed by atoms with Crippen molar-refractivity contribution in [2.75, 3.05) is 26.7 Å². The molecule has 0 aliphatic carbocycles. The van der Waals surface area contributed by atoms with Gasteiger partial charge >= 0.3 is 0 Å². The van der Waals surface area contributed by atoms with Crippen LogP contribution in [0.5, 0.6) is 0 Å². The number of nitrogens with zero attached hydrogens (tertiary/aromatic N) is 2. The predicted octanol–water partition coefficient (Wildman–Crippen LogP) is 0.148. The van der Waals surface area contributed by atoms with E-state index in [2.05, 4.69) is 20.9 Å². The molecule has 4 rings (SSSR count). The molecule has 0 aromatic heterocycles. The van der Waals surface area contributed by atoms with E-state index >= 15 is 0 Å². The van der Waals surface area contributed by atoms with Crippen molar-refractivity contribution in [3.8, 4) is 0 Å². The molecule has 2 nitrogen and oxygen atoms in total. The zero-order chi connectivity index (χ0) is 7.70. The highest BCUT2D eigenvalue weighted by Gasteiger charge is 3.10. The molecule has 0 radical (unpaired) electrons. The van der Waals surface area contributed by atoms with Gasteiger partial charge < -0.3 is 0 Å². The molecule has 0 aromatic rings. The van der Waals surface area contributed by atoms with Crippen molar-refractivity contribution in [3.63, 3.8) is 0 Å². The van der Waals surface area contributed by atoms with Crippen LogP contribution in [-0.4, -0.2) is 52.9 Å². The number of hydrogen-bond donors (Lipinski definition) is 0. The Morgan fingerprint density at radius 1 is 1.27 bits per heavy atom. The molecule has 4 fully saturated rings. The quantitative estimate of drug-likeness (QED) is 0.370. The van der Waals surface area contributed by atoms with E-state index in [0.717, 1.165) is 11.6 Å². The van der Waals surface area contributed by atoms with E-state index in [1.54, 1.807) is 0 Å². The molecule has 4 heterocycles. The lowest BCUT2D eigenvalue weighted by Crippen LogP contribution is -2.44. The van der Waals surface area contributed by atoms with Crippen LogP contribution in [0.1, 0.15) is 13.8 Å². The average Bonchev–Trinajstić information content (AvgIpc) is 2.72. The van der Waals surface area contributed by atoms with Crippen LogP contribution in [0.25, 0.3) is 0 Å². The Morgan fingerprint density at radius 2 is 1.73 bits per heavy atom. The molecule has 3 unspecified atom stereocenters. The van der Waals surface area contributed by atoms with Crippen LogP contribution in [-0.2, 0) is 0 Å². The first-order chi connectivity index (χ1) is 5.00. The van der Waals surface area contributed by atoms with Crippen LogP contribution in [0.15, 0.2) is 0 Å². The Morgan fingerprint density at radius 3 is 1.82 bits per heavy atom. The van der Waals surface area contributed by atoms with Gasteiger partial charge in [0.25, 0.3) is 11.7 Å². The number of hydrogen-bond acceptors (Lipinski definition) is 0. The first-order valence-electron chi connectivity index (χ1n) is 4.73. The van der Waals surface area contributed by atoms with Crippen LogP contribution in [0.2, 0.25) is 0 Å². The van der Waals surface area contributed by atoms with E-state index in [9.17, 15) is 0 Å². The lowest BCUT2D eigenvalue weighted by atomic mass is 10.2. The van der Waals surface area contributed by atoms with Gasteiger partial charge in [-0.1, -0.05) is 0 Å². The summed E-state index contributed by atoms with van der Waals surface area (Å²) in [6.45, 7) is 9.44. The summed E-state index contributed by atoms with van der Waals surface area (Å²) < 4.78 is 2.92. The monoisotopic (exact) mass is 152 g/mol. The minimum absolute atomic E-state index is 0.703. The average molecular weight is 152 g/mol. The van der Waals surface area contributed by atoms with Gasteiger partial charge in [-0.05, 0) is 0 Å². The van der Waals surface area contributed by atoms with Gasteiger partial charge in [-0.3, -0.25) is 0 Å². The maximum Gasteiger partial charge on any atom is 0.283 e. The van der Waals surface area contributed by atoms with Gasteiger partial charge in [0.1, 0.15) is 13.1 Å². The standard InChI is InChI=1S/C9H16N2/c1-8-5-11(8,6-8)9(2)7-4-10(7,9)3/h7H,4-6H2,1-3H3/q+2. The van der Waals surface area contributed by atoms with E-state index < -0.39 is 0 Å². The molecule has 0 spiro atoms. The molecule has 60 valence electrons. The number of quaternary nitrogens is 2. The SMILES string of the molecule is CC12C[N+]1(C1(C)C3C[N+]31C)C2. The van der Waals surface area contributed by atoms with Gasteiger partial charge in [0.2, 0.25) is 5.54 Å². The maximum absolute atomic E-state index is 2.51. The highest BCUT2D eigenvalue weighted by molar-refractivity contribution is 5.19. The van der Waals surface area contributed by atoms with Gasteiger partial charge in [0.15, 0.2) is 6.54 Å². The molecule has 0 amide bonds. The molecule has 0 bridgehead atoms. The normalized spacial score (nSPS) is 87.0. The molecule has 3 atom stereocenters. The van der Waals surface area contributed by atoms with Crippen molar-refractivity contribution >= 4 is 0 Å². The predicted molar refractivity (Wildman–Crippen MR) is 41.6 cm³/mol. The number of likely N-dealkylation sites (N-methyl/N-ethyl adjacent to an activating group) is 1. The molecular formula is C9H16N2+2. The van der Waals surface area contributed by atoms with E-state index in [1.807, 2.05) is 0 Å². The first-order valence-corrected chi connectivity index (χ1v) is 4.73. The minimum atomic E-state index is 0.703. The lowest BCUT2D eigenvalue weighted by Gasteiger charge is -2.18. The number of rotatable bonds is 1. The summed E-state index contributed by atoms with van der Waals surface area (Å²) in [7, 11) is 2.44. The smallest absolute Gasteiger partial charge is 0.246 e. The molecular weight excluding hydrogens is 136 g/mol. The molecule has 0 saturated carbocycles. The zero-order valence-corrected chi connectivity index (χ0v) is 7.59. The molecule has 2 heteroatoms. The van der Waals surface area contributed by atoms with Crippen molar-refractivity contribution in [3.05, 3.63) is 0 Å². The maximum atomic E-state index is 2.51. The van der Waals surface area contributed by atoms with Gasteiger partial charge in [-0.2, -0.15) is 0 Å². The highest BCUT2D eigenvalue weighted by atomic mass is 15.9. The summed E-state index contributed by atoms with van der Waals surface area (Å²) in [4.78, 5) is 0. The van der Waals surface area contributed by atoms with Crippen LogP contribution in [0, 0.1) is 0 Å². The van der Waals surface area contributed by atoms with Crippen molar-refractivity contribution in [1.29, 1.82) is 0 Å². The third-order valence-electron chi connectivity index (χ3n) is 5.62. The summed E-state index contributed by atoms with van der Waals surface area (Å²) in [5.74, 6) is 0. The molecule has 4 saturated heterocycles. The lowest BCUT2D eigenvalue weighted by molar-refractivity contribution is -0.919. The van der Waals surface area contributed by atoms with Crippen molar-refractivity contribution < 1.29 is 8.97 Å². The Hall–Kier alpha value is -0.0800. The Balaban J connectivity index is 1.79. The third kappa shape index (κ3) is 0.271. The van der Waals surface area contributed by atoms with E-state index in [-0.39, 0.29) is 0 Å². The highest BCUT2D eigenvalue weighted by Crippen LogP contribution is 2.79. The third-order valence-corrected chi connectivity index (χ3v) is 5.62. The minimum Gasteiger partial charge on any atom is -0.246 e. The van der Waals surface area contributed by atoms with Crippen LogP contribution in [0.4, 0.5) is 0 Å². The van der Waals surface area contributed by atoms with Crippen molar-refractivity contribution in [2.45, 2.75) is 31.1 Å². The van der Waals surface area contributed by atoms with Crippen molar-refractivity contribution in [1.82, 2.24) is 0 Å². The van der Waals surface area contributed by atoms with Crippen LogP contribution >= 0.6 is 0 Å². The van der Waals surface area contributed by atoms with E-state index in [4.69, 9.17) is 0 Å². The number of fused-ring (bicyclic) bond motifs is 2. The molecule has 11 heavy (non-hydrogen) atoms. The van der Waals surface area contributed by atoms with Gasteiger partial charge in [-0.25, -0.2) is 8.97 Å². The fourth-order valence-corrected chi connectivity index (χ4v) is 4.04. The summed E-state index contributed by atoms with van der Waals surface area (Å²) in [6, 6.07) is 1.06. The summed E-state index contributed by atoms with van der Waals surface area (Å²) in [6.07, 6.45) is 0. The Kier molecular flexibility index (Phi) is 0.445. The van der Waals surface area contributed by atoms with Gasteiger partial charge in [0, 0.05) is 6.92 Å². The molecule has 0 aromatic carbocycles. The molecule has 4 aliphatic rings. The second-order valence-electron chi connectivity index (χ2n) is 5.84. The first kappa shape index (κ1) is 5.55. The van der Waals surface area contributed by atoms with E-state index in [0.29, 0.717) is 5.66 Å².